The van der Waals surface area contributed by atoms with Crippen LogP contribution >= 0.6 is 0 Å². The van der Waals surface area contributed by atoms with Gasteiger partial charge in [-0.2, -0.15) is 0 Å². The first-order chi connectivity index (χ1) is 22.5. The maximum Gasteiger partial charge on any atom is 0.329 e. The number of benzene rings is 2. The summed E-state index contributed by atoms with van der Waals surface area (Å²) < 4.78 is 5.77. The van der Waals surface area contributed by atoms with Crippen LogP contribution in [0.1, 0.15) is 69.1 Å². The number of carbonyl (C=O) groups excluding carboxylic acids is 1. The molecule has 5 saturated heterocycles. The quantitative estimate of drug-likeness (QED) is 0.325. The van der Waals surface area contributed by atoms with Gasteiger partial charge in [-0.05, 0) is 93.0 Å². The number of methoxy groups -OCH3 is 1. The van der Waals surface area contributed by atoms with Gasteiger partial charge in [0.25, 0.3) is 0 Å². The number of fused-ring (bicyclic) bond motifs is 4. The van der Waals surface area contributed by atoms with E-state index in [0.717, 1.165) is 44.3 Å². The fourth-order valence-corrected chi connectivity index (χ4v) is 15.9. The molecule has 0 radical (unpaired) electrons. The summed E-state index contributed by atoms with van der Waals surface area (Å²) >= 11 is 0. The summed E-state index contributed by atoms with van der Waals surface area (Å²) in [5.74, 6) is 1.66. The molecular formula is C40H46N4O2. The van der Waals surface area contributed by atoms with Crippen molar-refractivity contribution in [1.82, 2.24) is 9.80 Å². The first kappa shape index (κ1) is 26.2. The molecule has 238 valence electrons. The number of rotatable bonds is 1. The van der Waals surface area contributed by atoms with Crippen molar-refractivity contribution in [3.05, 3.63) is 70.8 Å². The lowest BCUT2D eigenvalue weighted by atomic mass is 9.50. The number of carbonyl (C=O) groups is 1. The molecule has 0 amide bonds. The fraction of sp³-hybridized carbons (Fsp3) is 0.625. The van der Waals surface area contributed by atoms with E-state index in [1.54, 1.807) is 18.4 Å². The van der Waals surface area contributed by atoms with Gasteiger partial charge in [0, 0.05) is 71.4 Å². The summed E-state index contributed by atoms with van der Waals surface area (Å²) in [5, 5.41) is 0. The number of hydrogen-bond acceptors (Lipinski definition) is 6. The number of piperidine rings is 5. The Morgan fingerprint density at radius 1 is 0.978 bits per heavy atom. The number of allylic oxidation sites excluding steroid dienone is 1. The van der Waals surface area contributed by atoms with Crippen LogP contribution in [0, 0.1) is 23.2 Å². The minimum atomic E-state index is -0.309. The highest BCUT2D eigenvalue weighted by Crippen LogP contribution is 2.79. The minimum absolute atomic E-state index is 0.0608. The summed E-state index contributed by atoms with van der Waals surface area (Å²) in [6, 6.07) is 18.2. The second-order valence-corrected chi connectivity index (χ2v) is 17.1. The zero-order valence-corrected chi connectivity index (χ0v) is 27.5. The molecule has 46 heavy (non-hydrogen) atoms. The van der Waals surface area contributed by atoms with Gasteiger partial charge < -0.3 is 14.5 Å². The Labute approximate surface area is 272 Å². The lowest BCUT2D eigenvalue weighted by molar-refractivity contribution is -0.148. The number of para-hydroxylation sites is 2. The van der Waals surface area contributed by atoms with E-state index >= 15 is 0 Å². The van der Waals surface area contributed by atoms with Crippen LogP contribution in [0.2, 0.25) is 0 Å². The van der Waals surface area contributed by atoms with E-state index in [2.05, 4.69) is 82.0 Å². The summed E-state index contributed by atoms with van der Waals surface area (Å²) in [5.41, 5.74) is 9.39. The van der Waals surface area contributed by atoms with Crippen molar-refractivity contribution in [3.63, 3.8) is 0 Å². The molecule has 11 atom stereocenters. The van der Waals surface area contributed by atoms with E-state index in [9.17, 15) is 4.79 Å². The number of anilines is 2. The molecule has 2 saturated carbocycles. The summed E-state index contributed by atoms with van der Waals surface area (Å²) in [6.45, 7) is 10.6. The van der Waals surface area contributed by atoms with Gasteiger partial charge in [0.05, 0.1) is 12.6 Å². The summed E-state index contributed by atoms with van der Waals surface area (Å²) in [7, 11) is 1.61. The smallest absolute Gasteiger partial charge is 0.329 e. The van der Waals surface area contributed by atoms with Gasteiger partial charge in [-0.3, -0.25) is 9.80 Å². The molecule has 8 heterocycles. The molecule has 7 fully saturated rings. The lowest BCUT2D eigenvalue weighted by Crippen LogP contribution is -2.81. The second-order valence-electron chi connectivity index (χ2n) is 17.1. The Balaban J connectivity index is 1.18. The van der Waals surface area contributed by atoms with E-state index < -0.39 is 0 Å². The maximum absolute atomic E-state index is 14.2. The molecule has 0 N–H and O–H groups in total. The van der Waals surface area contributed by atoms with Crippen LogP contribution in [0.5, 0.6) is 0 Å². The molecule has 0 aromatic heterocycles. The third-order valence-corrected chi connectivity index (χ3v) is 16.8. The molecule has 6 nitrogen and oxygen atoms in total. The van der Waals surface area contributed by atoms with Crippen molar-refractivity contribution in [2.75, 3.05) is 49.6 Å². The standard InChI is InChI=1S/C40H46N4O2/c1-4-24-20-41-18-16-38-22-43-31-13-15-37-14-8-17-42-21-29(23(37)2)39(31,36(37)42)27-10-7-11-28(34(27)43)40(38)32(41)19-25(24)33(35(45)46-3)44(40)30-12-6-5-9-26(30)38/h4-7,9-12,23,25,29,31-33,36H,8,13-22H2,1-3H3/t23-,25-,29+,31-,32-,33-,36-,37+,38-,39+,40+/m0/s1. The van der Waals surface area contributed by atoms with Crippen LogP contribution in [0.25, 0.3) is 0 Å². The SMILES string of the molecule is CC=C1CN2CC[C@@]34CN5c6c(cccc6[C@@]36[C@@H]2C[C@@H]1[C@@H](C(=O)OC)N6c1ccccc14)[C@@]12[C@@H]3CN4CCC[C@@](CC[C@H]51)([C@H]3C)[C@H]42. The molecule has 8 aliphatic heterocycles. The van der Waals surface area contributed by atoms with E-state index in [1.165, 1.54) is 61.2 Å². The topological polar surface area (TPSA) is 39.3 Å². The van der Waals surface area contributed by atoms with Crippen molar-refractivity contribution in [2.45, 2.75) is 92.9 Å². The number of hydrogen-bond donors (Lipinski definition) is 0. The Morgan fingerprint density at radius 2 is 1.83 bits per heavy atom. The number of esters is 1. The molecule has 0 unspecified atom stereocenters. The first-order valence-corrected chi connectivity index (χ1v) is 18.5. The van der Waals surface area contributed by atoms with Gasteiger partial charge >= 0.3 is 5.97 Å². The van der Waals surface area contributed by atoms with E-state index in [-0.39, 0.29) is 34.3 Å². The second kappa shape index (κ2) is 7.89. The molecule has 12 rings (SSSR count). The van der Waals surface area contributed by atoms with Crippen molar-refractivity contribution in [2.24, 2.45) is 23.2 Å². The molecule has 6 heteroatoms. The Kier molecular flexibility index (Phi) is 4.49. The van der Waals surface area contributed by atoms with Gasteiger partial charge in [-0.25, -0.2) is 4.79 Å². The lowest BCUT2D eigenvalue weighted by Gasteiger charge is -2.70. The average molecular weight is 615 g/mol. The van der Waals surface area contributed by atoms with Crippen LogP contribution in [0.15, 0.2) is 54.1 Å². The molecule has 6 bridgehead atoms. The van der Waals surface area contributed by atoms with Crippen molar-refractivity contribution in [1.29, 1.82) is 0 Å². The van der Waals surface area contributed by atoms with Gasteiger partial charge in [0.2, 0.25) is 0 Å². The molecular weight excluding hydrogens is 568 g/mol. The van der Waals surface area contributed by atoms with E-state index in [4.69, 9.17) is 4.74 Å². The van der Waals surface area contributed by atoms with Crippen molar-refractivity contribution < 1.29 is 9.53 Å². The fourth-order valence-electron chi connectivity index (χ4n) is 15.9. The van der Waals surface area contributed by atoms with Crippen molar-refractivity contribution >= 4 is 17.3 Å². The largest absolute Gasteiger partial charge is 0.467 e. The van der Waals surface area contributed by atoms with E-state index in [0.29, 0.717) is 23.5 Å². The highest BCUT2D eigenvalue weighted by Gasteiger charge is 2.83. The number of ether oxygens (including phenoxy) is 1. The molecule has 2 aliphatic carbocycles. The monoisotopic (exact) mass is 614 g/mol. The predicted molar refractivity (Wildman–Crippen MR) is 178 cm³/mol. The highest BCUT2D eigenvalue weighted by atomic mass is 16.5. The Bertz CT molecular complexity index is 1800. The normalized spacial score (nSPS) is 48.7. The Hall–Kier alpha value is -2.83. The third kappa shape index (κ3) is 2.27. The third-order valence-electron chi connectivity index (χ3n) is 16.8. The highest BCUT2D eigenvalue weighted by molar-refractivity contribution is 5.89. The zero-order valence-electron chi connectivity index (χ0n) is 27.5. The van der Waals surface area contributed by atoms with Gasteiger partial charge in [0.15, 0.2) is 0 Å². The van der Waals surface area contributed by atoms with Gasteiger partial charge in [0.1, 0.15) is 6.04 Å². The Morgan fingerprint density at radius 3 is 2.70 bits per heavy atom. The number of nitrogens with zero attached hydrogens (tertiary/aromatic N) is 4. The maximum atomic E-state index is 14.2. The van der Waals surface area contributed by atoms with Gasteiger partial charge in [-0.15, -0.1) is 0 Å². The van der Waals surface area contributed by atoms with Crippen molar-refractivity contribution in [3.8, 4) is 0 Å². The van der Waals surface area contributed by atoms with Crippen LogP contribution in [-0.2, 0) is 25.9 Å². The molecule has 2 aromatic carbocycles. The van der Waals surface area contributed by atoms with Crippen LogP contribution in [0.3, 0.4) is 0 Å². The molecule has 2 aromatic rings. The van der Waals surface area contributed by atoms with Crippen LogP contribution < -0.4 is 9.80 Å². The molecule has 10 aliphatic rings. The average Bonchev–Trinajstić information content (AvgIpc) is 3.73. The predicted octanol–water partition coefficient (Wildman–Crippen LogP) is 5.20. The summed E-state index contributed by atoms with van der Waals surface area (Å²) in [4.78, 5) is 25.8. The van der Waals surface area contributed by atoms with E-state index in [1.807, 2.05) is 0 Å². The van der Waals surface area contributed by atoms with Crippen LogP contribution in [0.4, 0.5) is 11.4 Å². The van der Waals surface area contributed by atoms with Crippen LogP contribution in [-0.4, -0.2) is 79.8 Å². The van der Waals surface area contributed by atoms with Gasteiger partial charge in [-0.1, -0.05) is 55.0 Å². The summed E-state index contributed by atoms with van der Waals surface area (Å²) in [6.07, 6.45) is 10.0. The minimum Gasteiger partial charge on any atom is -0.467 e. The molecule has 2 spiro atoms. The first-order valence-electron chi connectivity index (χ1n) is 18.5. The zero-order chi connectivity index (χ0) is 30.5.